The molecule has 1 aromatic heterocycles. The van der Waals surface area contributed by atoms with Crippen molar-refractivity contribution in [1.29, 1.82) is 0 Å². The summed E-state index contributed by atoms with van der Waals surface area (Å²) in [5.74, 6) is 1.29. The molecule has 1 unspecified atom stereocenters. The van der Waals surface area contributed by atoms with E-state index >= 15 is 0 Å². The number of anilines is 1. The summed E-state index contributed by atoms with van der Waals surface area (Å²) in [5, 5.41) is 6.76. The van der Waals surface area contributed by atoms with Crippen molar-refractivity contribution in [3.63, 3.8) is 0 Å². The number of aromatic nitrogens is 2. The molecular formula is C13H22N4O. The summed E-state index contributed by atoms with van der Waals surface area (Å²) in [7, 11) is 0. The summed E-state index contributed by atoms with van der Waals surface area (Å²) >= 11 is 0. The van der Waals surface area contributed by atoms with Crippen LogP contribution in [0, 0.1) is 0 Å². The van der Waals surface area contributed by atoms with Crippen LogP contribution in [0.15, 0.2) is 12.3 Å². The minimum atomic E-state index is 0.530. The molecule has 100 valence electrons. The summed E-state index contributed by atoms with van der Waals surface area (Å²) in [4.78, 5) is 8.52. The summed E-state index contributed by atoms with van der Waals surface area (Å²) in [6.07, 6.45) is 6.53. The predicted octanol–water partition coefficient (Wildman–Crippen LogP) is 1.82. The normalized spacial score (nSPS) is 19.5. The van der Waals surface area contributed by atoms with E-state index in [-0.39, 0.29) is 0 Å². The minimum Gasteiger partial charge on any atom is -0.478 e. The molecule has 2 N–H and O–H groups in total. The van der Waals surface area contributed by atoms with Gasteiger partial charge in [0.1, 0.15) is 0 Å². The Morgan fingerprint density at radius 3 is 3.22 bits per heavy atom. The Kier molecular flexibility index (Phi) is 5.20. The van der Waals surface area contributed by atoms with Gasteiger partial charge in [-0.2, -0.15) is 4.98 Å². The number of rotatable bonds is 6. The van der Waals surface area contributed by atoms with Crippen molar-refractivity contribution < 1.29 is 4.74 Å². The number of hydrogen-bond donors (Lipinski definition) is 2. The van der Waals surface area contributed by atoms with Crippen LogP contribution in [0.5, 0.6) is 5.88 Å². The van der Waals surface area contributed by atoms with E-state index in [4.69, 9.17) is 4.74 Å². The molecule has 1 saturated heterocycles. The molecule has 18 heavy (non-hydrogen) atoms. The van der Waals surface area contributed by atoms with Crippen LogP contribution in [0.2, 0.25) is 0 Å². The Hall–Kier alpha value is -1.36. The van der Waals surface area contributed by atoms with Gasteiger partial charge in [-0.15, -0.1) is 0 Å². The molecule has 0 bridgehead atoms. The van der Waals surface area contributed by atoms with Gasteiger partial charge in [0.05, 0.1) is 6.61 Å². The van der Waals surface area contributed by atoms with Crippen molar-refractivity contribution in [1.82, 2.24) is 15.3 Å². The zero-order valence-corrected chi connectivity index (χ0v) is 11.0. The lowest BCUT2D eigenvalue weighted by Gasteiger charge is -2.23. The van der Waals surface area contributed by atoms with Gasteiger partial charge in [-0.05, 0) is 25.8 Å². The molecule has 0 spiro atoms. The summed E-state index contributed by atoms with van der Waals surface area (Å²) in [5.41, 5.74) is 0. The first-order valence-corrected chi connectivity index (χ1v) is 6.81. The topological polar surface area (TPSA) is 59.1 Å². The highest BCUT2D eigenvalue weighted by atomic mass is 16.5. The predicted molar refractivity (Wildman–Crippen MR) is 71.9 cm³/mol. The Balaban J connectivity index is 1.80. The Bertz CT molecular complexity index is 353. The van der Waals surface area contributed by atoms with E-state index in [1.165, 1.54) is 19.3 Å². The average molecular weight is 250 g/mol. The van der Waals surface area contributed by atoms with E-state index in [9.17, 15) is 0 Å². The van der Waals surface area contributed by atoms with Crippen molar-refractivity contribution in [3.8, 4) is 5.88 Å². The molecule has 1 aliphatic heterocycles. The molecule has 0 saturated carbocycles. The first kappa shape index (κ1) is 13.1. The highest BCUT2D eigenvalue weighted by molar-refractivity contribution is 5.27. The Morgan fingerprint density at radius 2 is 2.44 bits per heavy atom. The maximum atomic E-state index is 5.48. The van der Waals surface area contributed by atoms with Crippen LogP contribution >= 0.6 is 0 Å². The molecule has 0 aliphatic carbocycles. The molecule has 0 aromatic carbocycles. The zero-order valence-electron chi connectivity index (χ0n) is 11.0. The van der Waals surface area contributed by atoms with Crippen LogP contribution < -0.4 is 15.4 Å². The van der Waals surface area contributed by atoms with Gasteiger partial charge < -0.3 is 15.4 Å². The van der Waals surface area contributed by atoms with Crippen LogP contribution in [0.1, 0.15) is 32.6 Å². The van der Waals surface area contributed by atoms with Crippen molar-refractivity contribution in [2.24, 2.45) is 0 Å². The first-order chi connectivity index (χ1) is 8.88. The molecule has 2 heterocycles. The monoisotopic (exact) mass is 250 g/mol. The number of piperidine rings is 1. The van der Waals surface area contributed by atoms with Gasteiger partial charge in [-0.1, -0.05) is 13.3 Å². The van der Waals surface area contributed by atoms with Crippen LogP contribution in [-0.2, 0) is 0 Å². The van der Waals surface area contributed by atoms with Crippen molar-refractivity contribution in [2.45, 2.75) is 38.6 Å². The number of hydrogen-bond acceptors (Lipinski definition) is 5. The van der Waals surface area contributed by atoms with E-state index in [0.717, 1.165) is 19.5 Å². The number of nitrogens with one attached hydrogen (secondary N) is 2. The minimum absolute atomic E-state index is 0.530. The number of ether oxygens (including phenoxy) is 1. The van der Waals surface area contributed by atoms with E-state index in [0.29, 0.717) is 24.5 Å². The van der Waals surface area contributed by atoms with Crippen LogP contribution in [0.3, 0.4) is 0 Å². The van der Waals surface area contributed by atoms with Gasteiger partial charge in [0.25, 0.3) is 0 Å². The lowest BCUT2D eigenvalue weighted by atomic mass is 10.1. The van der Waals surface area contributed by atoms with Crippen molar-refractivity contribution in [3.05, 3.63) is 12.3 Å². The van der Waals surface area contributed by atoms with Crippen molar-refractivity contribution in [2.75, 3.05) is 25.0 Å². The standard InChI is InChI=1S/C13H22N4O/c1-2-9-18-12-6-8-15-13(17-12)16-10-11-5-3-4-7-14-11/h6,8,11,14H,2-5,7,9-10H2,1H3,(H,15,16,17). The SMILES string of the molecule is CCCOc1ccnc(NCC2CCCCN2)n1. The zero-order chi connectivity index (χ0) is 12.6. The fourth-order valence-corrected chi connectivity index (χ4v) is 2.03. The van der Waals surface area contributed by atoms with Gasteiger partial charge in [-0.25, -0.2) is 4.98 Å². The molecule has 0 radical (unpaired) electrons. The molecular weight excluding hydrogens is 228 g/mol. The van der Waals surface area contributed by atoms with E-state index < -0.39 is 0 Å². The second-order valence-corrected chi connectivity index (χ2v) is 4.59. The summed E-state index contributed by atoms with van der Waals surface area (Å²) < 4.78 is 5.48. The first-order valence-electron chi connectivity index (χ1n) is 6.81. The third-order valence-electron chi connectivity index (χ3n) is 3.00. The Labute approximate surface area is 108 Å². The molecule has 2 rings (SSSR count). The highest BCUT2D eigenvalue weighted by Crippen LogP contribution is 2.10. The van der Waals surface area contributed by atoms with E-state index in [2.05, 4.69) is 27.5 Å². The molecule has 1 aromatic rings. The van der Waals surface area contributed by atoms with E-state index in [1.807, 2.05) is 0 Å². The fourth-order valence-electron chi connectivity index (χ4n) is 2.03. The largest absolute Gasteiger partial charge is 0.478 e. The van der Waals surface area contributed by atoms with Crippen LogP contribution in [0.4, 0.5) is 5.95 Å². The molecule has 5 heteroatoms. The van der Waals surface area contributed by atoms with Gasteiger partial charge in [0.15, 0.2) is 0 Å². The van der Waals surface area contributed by atoms with Gasteiger partial charge in [0, 0.05) is 24.8 Å². The van der Waals surface area contributed by atoms with E-state index in [1.54, 1.807) is 12.3 Å². The quantitative estimate of drug-likeness (QED) is 0.806. The Morgan fingerprint density at radius 1 is 1.50 bits per heavy atom. The molecule has 1 fully saturated rings. The van der Waals surface area contributed by atoms with Gasteiger partial charge >= 0.3 is 0 Å². The van der Waals surface area contributed by atoms with Crippen LogP contribution in [0.25, 0.3) is 0 Å². The molecule has 1 aliphatic rings. The lowest BCUT2D eigenvalue weighted by Crippen LogP contribution is -2.39. The second-order valence-electron chi connectivity index (χ2n) is 4.59. The highest BCUT2D eigenvalue weighted by Gasteiger charge is 2.12. The maximum Gasteiger partial charge on any atom is 0.225 e. The third-order valence-corrected chi connectivity index (χ3v) is 3.00. The second kappa shape index (κ2) is 7.16. The molecule has 0 amide bonds. The van der Waals surface area contributed by atoms with Crippen LogP contribution in [-0.4, -0.2) is 35.7 Å². The molecule has 1 atom stereocenters. The van der Waals surface area contributed by atoms with Gasteiger partial charge in [0.2, 0.25) is 11.8 Å². The summed E-state index contributed by atoms with van der Waals surface area (Å²) in [6, 6.07) is 2.32. The molecule has 5 nitrogen and oxygen atoms in total. The fraction of sp³-hybridized carbons (Fsp3) is 0.692. The summed E-state index contributed by atoms with van der Waals surface area (Å²) in [6.45, 7) is 4.76. The third kappa shape index (κ3) is 4.14. The maximum absolute atomic E-state index is 5.48. The lowest BCUT2D eigenvalue weighted by molar-refractivity contribution is 0.305. The van der Waals surface area contributed by atoms with Gasteiger partial charge in [-0.3, -0.25) is 0 Å². The van der Waals surface area contributed by atoms with Crippen molar-refractivity contribution >= 4 is 5.95 Å². The smallest absolute Gasteiger partial charge is 0.225 e. The number of nitrogens with zero attached hydrogens (tertiary/aromatic N) is 2. The average Bonchev–Trinajstić information content (AvgIpc) is 2.44.